The Balaban J connectivity index is 1.88. The fourth-order valence-corrected chi connectivity index (χ4v) is 3.02. The van der Waals surface area contributed by atoms with Crippen LogP contribution in [-0.4, -0.2) is 0 Å². The first-order valence-electron chi connectivity index (χ1n) is 5.04. The van der Waals surface area contributed by atoms with Gasteiger partial charge in [0, 0.05) is 0 Å². The summed E-state index contributed by atoms with van der Waals surface area (Å²) < 4.78 is 0. The van der Waals surface area contributed by atoms with Crippen molar-refractivity contribution >= 4 is 0 Å². The number of rotatable bonds is 1. The molecule has 0 spiro atoms. The molecule has 11 heavy (non-hydrogen) atoms. The van der Waals surface area contributed by atoms with Crippen molar-refractivity contribution in [3.63, 3.8) is 0 Å². The highest BCUT2D eigenvalue weighted by molar-refractivity contribution is 4.95. The monoisotopic (exact) mass is 152 g/mol. The highest BCUT2D eigenvalue weighted by Gasteiger charge is 2.44. The van der Waals surface area contributed by atoms with Gasteiger partial charge in [-0.2, -0.15) is 0 Å². The first kappa shape index (κ1) is 7.64. The predicted molar refractivity (Wildman–Crippen MR) is 48.4 cm³/mol. The van der Waals surface area contributed by atoms with E-state index >= 15 is 0 Å². The minimum Gasteiger partial charge on any atom is -0.0602 e. The normalized spacial score (nSPS) is 42.3. The third-order valence-corrected chi connectivity index (χ3v) is 3.45. The van der Waals surface area contributed by atoms with E-state index in [1.54, 1.807) is 19.3 Å². The third-order valence-electron chi connectivity index (χ3n) is 3.45. The van der Waals surface area contributed by atoms with Gasteiger partial charge in [0.2, 0.25) is 0 Å². The van der Waals surface area contributed by atoms with E-state index < -0.39 is 0 Å². The Morgan fingerprint density at radius 1 is 1.09 bits per heavy atom. The Morgan fingerprint density at radius 2 is 1.73 bits per heavy atom. The summed E-state index contributed by atoms with van der Waals surface area (Å²) in [4.78, 5) is 0. The van der Waals surface area contributed by atoms with Crippen LogP contribution in [0.15, 0.2) is 0 Å². The van der Waals surface area contributed by atoms with Crippen molar-refractivity contribution in [2.24, 2.45) is 23.2 Å². The van der Waals surface area contributed by atoms with E-state index in [-0.39, 0.29) is 0 Å². The van der Waals surface area contributed by atoms with Crippen molar-refractivity contribution in [3.8, 4) is 0 Å². The number of hydrogen-bond donors (Lipinski definition) is 0. The maximum atomic E-state index is 2.38. The summed E-state index contributed by atoms with van der Waals surface area (Å²) in [5.74, 6) is 3.38. The minimum absolute atomic E-state index is 0.572. The molecule has 3 aliphatic rings. The average molecular weight is 152 g/mol. The Morgan fingerprint density at radius 3 is 2.09 bits per heavy atom. The molecule has 0 saturated heterocycles. The molecule has 3 aliphatic carbocycles. The van der Waals surface area contributed by atoms with Crippen molar-refractivity contribution in [2.45, 2.75) is 46.5 Å². The van der Waals surface area contributed by atoms with Crippen LogP contribution < -0.4 is 0 Å². The summed E-state index contributed by atoms with van der Waals surface area (Å²) >= 11 is 0. The van der Waals surface area contributed by atoms with Crippen molar-refractivity contribution in [1.29, 1.82) is 0 Å². The predicted octanol–water partition coefficient (Wildman–Crippen LogP) is 3.47. The lowest BCUT2D eigenvalue weighted by molar-refractivity contribution is 0.226. The van der Waals surface area contributed by atoms with Crippen LogP contribution in [0.1, 0.15) is 46.5 Å². The summed E-state index contributed by atoms with van der Waals surface area (Å²) in [7, 11) is 0. The molecule has 3 fully saturated rings. The fourth-order valence-electron chi connectivity index (χ4n) is 3.02. The van der Waals surface area contributed by atoms with Crippen molar-refractivity contribution < 1.29 is 0 Å². The molecular formula is C11H20. The standard InChI is InChI=1S/C11H20/c1-11(2,3)7-10-6-8-4-9(10)5-8/h8-10H,4-7H2,1-3H3. The second-order valence-corrected chi connectivity index (χ2v) is 5.86. The number of fused-ring (bicyclic) bond motifs is 1. The van der Waals surface area contributed by atoms with Gasteiger partial charge < -0.3 is 0 Å². The van der Waals surface area contributed by atoms with Gasteiger partial charge in [-0.15, -0.1) is 0 Å². The van der Waals surface area contributed by atoms with Crippen LogP contribution in [-0.2, 0) is 0 Å². The van der Waals surface area contributed by atoms with Gasteiger partial charge in [0.05, 0.1) is 0 Å². The average Bonchev–Trinajstić information content (AvgIpc) is 2.13. The molecule has 0 heterocycles. The van der Waals surface area contributed by atoms with Crippen LogP contribution in [0.25, 0.3) is 0 Å². The highest BCUT2D eigenvalue weighted by Crippen LogP contribution is 2.55. The summed E-state index contributed by atoms with van der Waals surface area (Å²) in [5.41, 5.74) is 0.572. The zero-order valence-electron chi connectivity index (χ0n) is 8.06. The summed E-state index contributed by atoms with van der Waals surface area (Å²) in [6.45, 7) is 7.13. The lowest BCUT2D eigenvalue weighted by Gasteiger charge is -2.28. The Labute approximate surface area is 70.4 Å². The molecule has 0 heteroatoms. The lowest BCUT2D eigenvalue weighted by atomic mass is 9.77. The van der Waals surface area contributed by atoms with Gasteiger partial charge >= 0.3 is 0 Å². The molecule has 64 valence electrons. The number of hydrogen-bond acceptors (Lipinski definition) is 0. The smallest absolute Gasteiger partial charge is 0.0378 e. The van der Waals surface area contributed by atoms with E-state index in [1.807, 2.05) is 0 Å². The van der Waals surface area contributed by atoms with Crippen LogP contribution in [0.2, 0.25) is 0 Å². The Hall–Kier alpha value is 0. The molecule has 0 aromatic rings. The molecule has 1 unspecified atom stereocenters. The van der Waals surface area contributed by atoms with Crippen molar-refractivity contribution in [2.75, 3.05) is 0 Å². The van der Waals surface area contributed by atoms with Gasteiger partial charge in [0.1, 0.15) is 0 Å². The van der Waals surface area contributed by atoms with E-state index in [9.17, 15) is 0 Å². The highest BCUT2D eigenvalue weighted by atomic mass is 14.5. The SMILES string of the molecule is CC(C)(C)CC1CC2CC1C2. The first-order chi connectivity index (χ1) is 5.04. The van der Waals surface area contributed by atoms with Gasteiger partial charge in [0.15, 0.2) is 0 Å². The molecule has 0 aliphatic heterocycles. The Bertz CT molecular complexity index is 146. The first-order valence-corrected chi connectivity index (χ1v) is 5.04. The van der Waals surface area contributed by atoms with E-state index in [4.69, 9.17) is 0 Å². The molecule has 3 saturated carbocycles. The van der Waals surface area contributed by atoms with Gasteiger partial charge in [-0.05, 0) is 48.9 Å². The van der Waals surface area contributed by atoms with Crippen LogP contribution >= 0.6 is 0 Å². The molecule has 0 radical (unpaired) electrons. The van der Waals surface area contributed by atoms with Gasteiger partial charge in [-0.25, -0.2) is 0 Å². The molecule has 0 amide bonds. The quantitative estimate of drug-likeness (QED) is 0.539. The van der Waals surface area contributed by atoms with Gasteiger partial charge in [-0.3, -0.25) is 0 Å². The van der Waals surface area contributed by atoms with Crippen molar-refractivity contribution in [3.05, 3.63) is 0 Å². The van der Waals surface area contributed by atoms with E-state index in [2.05, 4.69) is 20.8 Å². The molecule has 0 aromatic heterocycles. The Kier molecular flexibility index (Phi) is 1.56. The molecule has 3 rings (SSSR count). The summed E-state index contributed by atoms with van der Waals surface area (Å²) in [6.07, 6.45) is 6.16. The van der Waals surface area contributed by atoms with Gasteiger partial charge in [-0.1, -0.05) is 20.8 Å². The molecule has 0 nitrogen and oxygen atoms in total. The second kappa shape index (κ2) is 2.24. The lowest BCUT2D eigenvalue weighted by Crippen LogP contribution is -2.18. The summed E-state index contributed by atoms with van der Waals surface area (Å²) in [6, 6.07) is 0. The third kappa shape index (κ3) is 1.45. The van der Waals surface area contributed by atoms with Crippen LogP contribution in [0.5, 0.6) is 0 Å². The van der Waals surface area contributed by atoms with E-state index in [1.165, 1.54) is 6.42 Å². The fraction of sp³-hybridized carbons (Fsp3) is 1.00. The van der Waals surface area contributed by atoms with Crippen LogP contribution in [0.3, 0.4) is 0 Å². The second-order valence-electron chi connectivity index (χ2n) is 5.86. The molecule has 1 atom stereocenters. The molecule has 0 aromatic carbocycles. The largest absolute Gasteiger partial charge is 0.0602 e. The van der Waals surface area contributed by atoms with Crippen molar-refractivity contribution in [1.82, 2.24) is 0 Å². The minimum atomic E-state index is 0.572. The molecule has 0 N–H and O–H groups in total. The van der Waals surface area contributed by atoms with E-state index in [0.29, 0.717) is 5.41 Å². The van der Waals surface area contributed by atoms with E-state index in [0.717, 1.165) is 17.8 Å². The molecule has 2 bridgehead atoms. The van der Waals surface area contributed by atoms with Crippen LogP contribution in [0.4, 0.5) is 0 Å². The zero-order chi connectivity index (χ0) is 8.06. The summed E-state index contributed by atoms with van der Waals surface area (Å²) in [5, 5.41) is 0. The van der Waals surface area contributed by atoms with Gasteiger partial charge in [0.25, 0.3) is 0 Å². The molecular weight excluding hydrogens is 132 g/mol. The zero-order valence-corrected chi connectivity index (χ0v) is 8.06. The topological polar surface area (TPSA) is 0 Å². The van der Waals surface area contributed by atoms with Crippen LogP contribution in [0, 0.1) is 23.2 Å². The maximum Gasteiger partial charge on any atom is -0.0378 e. The maximum absolute atomic E-state index is 2.38.